The lowest BCUT2D eigenvalue weighted by atomic mass is 10.3. The summed E-state index contributed by atoms with van der Waals surface area (Å²) in [7, 11) is 1.62. The molecule has 76 valence electrons. The third-order valence-electron chi connectivity index (χ3n) is 1.81. The molecule has 0 unspecified atom stereocenters. The van der Waals surface area contributed by atoms with Crippen LogP contribution in [0.1, 0.15) is 0 Å². The molecule has 0 fully saturated rings. The maximum Gasteiger partial charge on any atom is 0.321 e. The van der Waals surface area contributed by atoms with Gasteiger partial charge >= 0.3 is 6.01 Å². The van der Waals surface area contributed by atoms with E-state index in [9.17, 15) is 0 Å². The zero-order valence-corrected chi connectivity index (χ0v) is 8.25. The fourth-order valence-corrected chi connectivity index (χ4v) is 1.09. The van der Waals surface area contributed by atoms with Crippen LogP contribution in [0.2, 0.25) is 0 Å². The van der Waals surface area contributed by atoms with Crippen molar-refractivity contribution in [2.24, 2.45) is 0 Å². The van der Waals surface area contributed by atoms with Gasteiger partial charge in [0.15, 0.2) is 0 Å². The minimum atomic E-state index is 0.336. The summed E-state index contributed by atoms with van der Waals surface area (Å²) in [5.41, 5.74) is 0. The summed E-state index contributed by atoms with van der Waals surface area (Å²) in [5.74, 6) is 1.47. The van der Waals surface area contributed by atoms with Crippen LogP contribution in [0.4, 0.5) is 0 Å². The summed E-state index contributed by atoms with van der Waals surface area (Å²) in [6.45, 7) is 0. The van der Waals surface area contributed by atoms with Crippen molar-refractivity contribution in [3.63, 3.8) is 0 Å². The summed E-state index contributed by atoms with van der Waals surface area (Å²) in [5, 5.41) is 0. The van der Waals surface area contributed by atoms with Gasteiger partial charge in [-0.15, -0.1) is 0 Å². The molecule has 4 nitrogen and oxygen atoms in total. The lowest BCUT2D eigenvalue weighted by Gasteiger charge is -2.03. The third-order valence-corrected chi connectivity index (χ3v) is 1.81. The zero-order valence-electron chi connectivity index (χ0n) is 8.25. The van der Waals surface area contributed by atoms with Crippen LogP contribution in [0.5, 0.6) is 17.5 Å². The lowest BCUT2D eigenvalue weighted by Crippen LogP contribution is -1.90. The van der Waals surface area contributed by atoms with Gasteiger partial charge in [-0.1, -0.05) is 0 Å². The monoisotopic (exact) mass is 202 g/mol. The smallest absolute Gasteiger partial charge is 0.321 e. The van der Waals surface area contributed by atoms with Gasteiger partial charge in [-0.3, -0.25) is 0 Å². The van der Waals surface area contributed by atoms with E-state index in [4.69, 9.17) is 9.47 Å². The number of hydrogen-bond donors (Lipinski definition) is 0. The molecule has 0 amide bonds. The Kier molecular flexibility index (Phi) is 2.78. The van der Waals surface area contributed by atoms with Crippen LogP contribution in [-0.4, -0.2) is 17.1 Å². The van der Waals surface area contributed by atoms with Gasteiger partial charge in [-0.05, 0) is 30.3 Å². The van der Waals surface area contributed by atoms with Gasteiger partial charge in [0.25, 0.3) is 0 Å². The highest BCUT2D eigenvalue weighted by Gasteiger charge is 1.98. The maximum absolute atomic E-state index is 5.40. The molecule has 1 heterocycles. The molecule has 0 atom stereocenters. The highest BCUT2D eigenvalue weighted by molar-refractivity contribution is 5.32. The molecule has 0 aliphatic rings. The topological polar surface area (TPSA) is 44.2 Å². The van der Waals surface area contributed by atoms with E-state index in [2.05, 4.69) is 9.97 Å². The molecule has 0 saturated heterocycles. The van der Waals surface area contributed by atoms with Crippen LogP contribution < -0.4 is 9.47 Å². The molecule has 0 aliphatic heterocycles. The molecule has 0 N–H and O–H groups in total. The molecule has 2 rings (SSSR count). The van der Waals surface area contributed by atoms with E-state index < -0.39 is 0 Å². The third kappa shape index (κ3) is 2.43. The maximum atomic E-state index is 5.40. The highest BCUT2D eigenvalue weighted by Crippen LogP contribution is 2.20. The summed E-state index contributed by atoms with van der Waals surface area (Å²) < 4.78 is 10.4. The van der Waals surface area contributed by atoms with Crippen molar-refractivity contribution < 1.29 is 9.47 Å². The number of aromatic nitrogens is 2. The van der Waals surface area contributed by atoms with Crippen molar-refractivity contribution >= 4 is 0 Å². The van der Waals surface area contributed by atoms with Gasteiger partial charge in [0.2, 0.25) is 0 Å². The Morgan fingerprint density at radius 3 is 2.13 bits per heavy atom. The van der Waals surface area contributed by atoms with E-state index >= 15 is 0 Å². The van der Waals surface area contributed by atoms with Gasteiger partial charge < -0.3 is 9.47 Å². The number of nitrogens with zero attached hydrogens (tertiary/aromatic N) is 2. The predicted molar refractivity (Wildman–Crippen MR) is 55.1 cm³/mol. The summed E-state index contributed by atoms with van der Waals surface area (Å²) in [4.78, 5) is 7.90. The molecule has 2 aromatic rings. The lowest BCUT2D eigenvalue weighted by molar-refractivity contribution is 0.410. The van der Waals surface area contributed by atoms with Gasteiger partial charge in [0.1, 0.15) is 11.5 Å². The van der Waals surface area contributed by atoms with Crippen molar-refractivity contribution in [2.75, 3.05) is 7.11 Å². The predicted octanol–water partition coefficient (Wildman–Crippen LogP) is 2.28. The van der Waals surface area contributed by atoms with E-state index in [-0.39, 0.29) is 0 Å². The second-order valence-electron chi connectivity index (χ2n) is 2.81. The van der Waals surface area contributed by atoms with Crippen molar-refractivity contribution in [1.82, 2.24) is 9.97 Å². The van der Waals surface area contributed by atoms with Gasteiger partial charge in [-0.25, -0.2) is 9.97 Å². The number of benzene rings is 1. The van der Waals surface area contributed by atoms with Crippen LogP contribution in [-0.2, 0) is 0 Å². The molecule has 0 spiro atoms. The second-order valence-corrected chi connectivity index (χ2v) is 2.81. The Morgan fingerprint density at radius 2 is 1.53 bits per heavy atom. The van der Waals surface area contributed by atoms with Gasteiger partial charge in [0, 0.05) is 12.4 Å². The Hall–Kier alpha value is -2.10. The number of rotatable bonds is 3. The Balaban J connectivity index is 2.11. The van der Waals surface area contributed by atoms with Crippen LogP contribution in [0.15, 0.2) is 42.7 Å². The van der Waals surface area contributed by atoms with E-state index in [0.717, 1.165) is 5.75 Å². The number of ether oxygens (including phenoxy) is 2. The average molecular weight is 202 g/mol. The van der Waals surface area contributed by atoms with Crippen molar-refractivity contribution in [1.29, 1.82) is 0 Å². The van der Waals surface area contributed by atoms with Crippen LogP contribution in [0.3, 0.4) is 0 Å². The molecule has 0 saturated carbocycles. The van der Waals surface area contributed by atoms with E-state index in [1.807, 2.05) is 12.1 Å². The molecular weight excluding hydrogens is 192 g/mol. The van der Waals surface area contributed by atoms with Crippen molar-refractivity contribution in [3.05, 3.63) is 42.7 Å². The van der Waals surface area contributed by atoms with E-state index in [1.165, 1.54) is 0 Å². The van der Waals surface area contributed by atoms with Gasteiger partial charge in [0.05, 0.1) is 7.11 Å². The molecule has 0 radical (unpaired) electrons. The Labute approximate surface area is 87.5 Å². The van der Waals surface area contributed by atoms with Crippen LogP contribution in [0.25, 0.3) is 0 Å². The van der Waals surface area contributed by atoms with E-state index in [0.29, 0.717) is 11.8 Å². The minimum Gasteiger partial charge on any atom is -0.497 e. The normalized spacial score (nSPS) is 9.67. The molecule has 1 aromatic heterocycles. The van der Waals surface area contributed by atoms with Crippen LogP contribution >= 0.6 is 0 Å². The fourth-order valence-electron chi connectivity index (χ4n) is 1.09. The first kappa shape index (κ1) is 9.45. The SMILES string of the molecule is COc1ccc(Oc2ncccn2)cc1. The first-order chi connectivity index (χ1) is 7.38. The molecule has 15 heavy (non-hydrogen) atoms. The Morgan fingerprint density at radius 1 is 0.933 bits per heavy atom. The molecule has 4 heteroatoms. The zero-order chi connectivity index (χ0) is 10.5. The molecular formula is C11H10N2O2. The number of hydrogen-bond acceptors (Lipinski definition) is 4. The minimum absolute atomic E-state index is 0.336. The number of methoxy groups -OCH3 is 1. The molecule has 0 bridgehead atoms. The second kappa shape index (κ2) is 4.41. The summed E-state index contributed by atoms with van der Waals surface area (Å²) in [6, 6.07) is 9.31. The van der Waals surface area contributed by atoms with Crippen molar-refractivity contribution in [3.8, 4) is 17.5 Å². The standard InChI is InChI=1S/C11H10N2O2/c1-14-9-3-5-10(6-4-9)15-11-12-7-2-8-13-11/h2-8H,1H3. The van der Waals surface area contributed by atoms with Crippen molar-refractivity contribution in [2.45, 2.75) is 0 Å². The molecule has 0 aliphatic carbocycles. The average Bonchev–Trinajstić information content (AvgIpc) is 2.31. The summed E-state index contributed by atoms with van der Waals surface area (Å²) in [6.07, 6.45) is 3.26. The van der Waals surface area contributed by atoms with Gasteiger partial charge in [-0.2, -0.15) is 0 Å². The quantitative estimate of drug-likeness (QED) is 0.765. The summed E-state index contributed by atoms with van der Waals surface area (Å²) >= 11 is 0. The molecule has 1 aromatic carbocycles. The fraction of sp³-hybridized carbons (Fsp3) is 0.0909. The Bertz CT molecular complexity index is 414. The highest BCUT2D eigenvalue weighted by atomic mass is 16.5. The van der Waals surface area contributed by atoms with Crippen LogP contribution in [0, 0.1) is 0 Å². The van der Waals surface area contributed by atoms with E-state index in [1.54, 1.807) is 37.7 Å². The largest absolute Gasteiger partial charge is 0.497 e. The first-order valence-corrected chi connectivity index (χ1v) is 4.47. The first-order valence-electron chi connectivity index (χ1n) is 4.47.